The van der Waals surface area contributed by atoms with E-state index in [2.05, 4.69) is 15.2 Å². The van der Waals surface area contributed by atoms with E-state index >= 15 is 0 Å². The summed E-state index contributed by atoms with van der Waals surface area (Å²) >= 11 is 0. The first-order valence-electron chi connectivity index (χ1n) is 7.01. The third kappa shape index (κ3) is 3.07. The van der Waals surface area contributed by atoms with Gasteiger partial charge in [-0.15, -0.1) is 0 Å². The molecule has 0 unspecified atom stereocenters. The fraction of sp³-hybridized carbons (Fsp3) is 0.312. The van der Waals surface area contributed by atoms with Crippen LogP contribution in [-0.2, 0) is 6.42 Å². The van der Waals surface area contributed by atoms with E-state index in [1.54, 1.807) is 12.1 Å². The van der Waals surface area contributed by atoms with Crippen molar-refractivity contribution in [1.29, 1.82) is 0 Å². The molecule has 2 aromatic rings. The number of halogens is 1. The fourth-order valence-corrected chi connectivity index (χ4v) is 2.27. The molecule has 1 aliphatic rings. The minimum Gasteiger partial charge on any atom is -0.370 e. The van der Waals surface area contributed by atoms with Crippen LogP contribution in [0.15, 0.2) is 42.5 Å². The maximum absolute atomic E-state index is 13.1. The third-order valence-corrected chi connectivity index (χ3v) is 3.52. The lowest BCUT2D eigenvalue weighted by Crippen LogP contribution is -2.37. The Morgan fingerprint density at radius 1 is 1.15 bits per heavy atom. The third-order valence-electron chi connectivity index (χ3n) is 3.52. The Morgan fingerprint density at radius 2 is 2.00 bits per heavy atom. The molecule has 3 rings (SSSR count). The second kappa shape index (κ2) is 5.90. The second-order valence-electron chi connectivity index (χ2n) is 5.03. The topological polar surface area (TPSA) is 28.2 Å². The molecule has 0 bridgehead atoms. The largest absolute Gasteiger partial charge is 0.370 e. The zero-order chi connectivity index (χ0) is 13.8. The molecule has 0 amide bonds. The van der Waals surface area contributed by atoms with E-state index in [9.17, 15) is 4.39 Å². The Labute approximate surface area is 118 Å². The molecule has 0 radical (unpaired) electrons. The molecular weight excluding hydrogens is 253 g/mol. The van der Waals surface area contributed by atoms with E-state index in [4.69, 9.17) is 0 Å². The molecule has 0 atom stereocenters. The first-order valence-corrected chi connectivity index (χ1v) is 7.01. The van der Waals surface area contributed by atoms with Gasteiger partial charge in [0.25, 0.3) is 0 Å². The highest BCUT2D eigenvalue weighted by Gasteiger charge is 2.15. The van der Waals surface area contributed by atoms with Gasteiger partial charge in [0.05, 0.1) is 0 Å². The van der Waals surface area contributed by atoms with Crippen molar-refractivity contribution in [2.24, 2.45) is 0 Å². The summed E-state index contributed by atoms with van der Waals surface area (Å²) in [6.07, 6.45) is 2.03. The lowest BCUT2D eigenvalue weighted by molar-refractivity contribution is 0.610. The van der Waals surface area contributed by atoms with Crippen molar-refractivity contribution in [2.45, 2.75) is 12.8 Å². The predicted octanol–water partition coefficient (Wildman–Crippen LogP) is 3.09. The SMILES string of the molecule is Fc1cccc(CCNc2cccc(N3CCC3)n2)c1. The van der Waals surface area contributed by atoms with Crippen molar-refractivity contribution in [3.8, 4) is 0 Å². The molecule has 1 saturated heterocycles. The minimum absolute atomic E-state index is 0.180. The maximum atomic E-state index is 13.1. The van der Waals surface area contributed by atoms with Gasteiger partial charge < -0.3 is 10.2 Å². The number of anilines is 2. The average Bonchev–Trinajstić information content (AvgIpc) is 2.37. The van der Waals surface area contributed by atoms with Gasteiger partial charge in [0, 0.05) is 19.6 Å². The number of nitrogens with one attached hydrogen (secondary N) is 1. The molecule has 3 nitrogen and oxygen atoms in total. The summed E-state index contributed by atoms with van der Waals surface area (Å²) in [5.41, 5.74) is 0.997. The van der Waals surface area contributed by atoms with Crippen molar-refractivity contribution in [2.75, 3.05) is 29.9 Å². The van der Waals surface area contributed by atoms with Crippen molar-refractivity contribution in [3.05, 3.63) is 53.8 Å². The lowest BCUT2D eigenvalue weighted by Gasteiger charge is -2.32. The molecule has 104 valence electrons. The smallest absolute Gasteiger partial charge is 0.130 e. The zero-order valence-electron chi connectivity index (χ0n) is 11.3. The van der Waals surface area contributed by atoms with Crippen molar-refractivity contribution >= 4 is 11.6 Å². The van der Waals surface area contributed by atoms with Gasteiger partial charge in [0.15, 0.2) is 0 Å². The van der Waals surface area contributed by atoms with Crippen LogP contribution in [-0.4, -0.2) is 24.6 Å². The number of nitrogens with zero attached hydrogens (tertiary/aromatic N) is 2. The summed E-state index contributed by atoms with van der Waals surface area (Å²) in [6.45, 7) is 2.94. The molecule has 4 heteroatoms. The highest BCUT2D eigenvalue weighted by molar-refractivity contribution is 5.48. The van der Waals surface area contributed by atoms with Gasteiger partial charge in [-0.1, -0.05) is 18.2 Å². The molecular formula is C16H18FN3. The van der Waals surface area contributed by atoms with Crippen LogP contribution < -0.4 is 10.2 Å². The zero-order valence-corrected chi connectivity index (χ0v) is 11.3. The van der Waals surface area contributed by atoms with Gasteiger partial charge >= 0.3 is 0 Å². The number of hydrogen-bond donors (Lipinski definition) is 1. The van der Waals surface area contributed by atoms with Gasteiger partial charge in [-0.2, -0.15) is 0 Å². The van der Waals surface area contributed by atoms with E-state index in [0.717, 1.165) is 43.3 Å². The molecule has 1 aromatic carbocycles. The normalized spacial score (nSPS) is 13.9. The van der Waals surface area contributed by atoms with Crippen LogP contribution in [0.2, 0.25) is 0 Å². The maximum Gasteiger partial charge on any atom is 0.130 e. The summed E-state index contributed by atoms with van der Waals surface area (Å²) in [5, 5.41) is 3.30. The van der Waals surface area contributed by atoms with Crippen LogP contribution in [0.5, 0.6) is 0 Å². The number of rotatable bonds is 5. The van der Waals surface area contributed by atoms with Crippen molar-refractivity contribution in [3.63, 3.8) is 0 Å². The van der Waals surface area contributed by atoms with Gasteiger partial charge in [0.1, 0.15) is 17.5 Å². The van der Waals surface area contributed by atoms with Gasteiger partial charge in [0.2, 0.25) is 0 Å². The van der Waals surface area contributed by atoms with Crippen molar-refractivity contribution in [1.82, 2.24) is 4.98 Å². The number of aromatic nitrogens is 1. The van der Waals surface area contributed by atoms with E-state index in [0.29, 0.717) is 0 Å². The monoisotopic (exact) mass is 271 g/mol. The highest BCUT2D eigenvalue weighted by atomic mass is 19.1. The van der Waals surface area contributed by atoms with E-state index in [1.165, 1.54) is 12.5 Å². The molecule has 1 aromatic heterocycles. The second-order valence-corrected chi connectivity index (χ2v) is 5.03. The first-order chi connectivity index (χ1) is 9.81. The number of hydrogen-bond acceptors (Lipinski definition) is 3. The van der Waals surface area contributed by atoms with Crippen LogP contribution in [0.4, 0.5) is 16.0 Å². The number of pyridine rings is 1. The lowest BCUT2D eigenvalue weighted by atomic mass is 10.1. The van der Waals surface area contributed by atoms with Crippen LogP contribution in [0, 0.1) is 5.82 Å². The number of benzene rings is 1. The Balaban J connectivity index is 1.55. The standard InChI is InChI=1S/C16H18FN3/c17-14-5-1-4-13(12-14)8-9-18-15-6-2-7-16(19-15)20-10-3-11-20/h1-2,4-7,12H,3,8-11H2,(H,18,19). The van der Waals surface area contributed by atoms with Gasteiger partial charge in [-0.05, 0) is 42.7 Å². The Morgan fingerprint density at radius 3 is 2.75 bits per heavy atom. The quantitative estimate of drug-likeness (QED) is 0.905. The summed E-state index contributed by atoms with van der Waals surface area (Å²) in [6, 6.07) is 12.7. The molecule has 0 spiro atoms. The minimum atomic E-state index is -0.180. The van der Waals surface area contributed by atoms with Crippen LogP contribution in [0.25, 0.3) is 0 Å². The van der Waals surface area contributed by atoms with Gasteiger partial charge in [-0.3, -0.25) is 0 Å². The first kappa shape index (κ1) is 12.9. The summed E-state index contributed by atoms with van der Waals surface area (Å²) in [4.78, 5) is 6.85. The molecule has 1 aliphatic heterocycles. The van der Waals surface area contributed by atoms with Crippen molar-refractivity contribution < 1.29 is 4.39 Å². The fourth-order valence-electron chi connectivity index (χ4n) is 2.27. The summed E-state index contributed by atoms with van der Waals surface area (Å²) < 4.78 is 13.1. The molecule has 20 heavy (non-hydrogen) atoms. The van der Waals surface area contributed by atoms with Gasteiger partial charge in [-0.25, -0.2) is 9.37 Å². The Bertz CT molecular complexity index is 581. The average molecular weight is 271 g/mol. The molecule has 0 aliphatic carbocycles. The van der Waals surface area contributed by atoms with E-state index in [-0.39, 0.29) is 5.82 Å². The predicted molar refractivity (Wildman–Crippen MR) is 79.7 cm³/mol. The summed E-state index contributed by atoms with van der Waals surface area (Å²) in [7, 11) is 0. The summed E-state index contributed by atoms with van der Waals surface area (Å²) in [5.74, 6) is 1.73. The molecule has 1 fully saturated rings. The van der Waals surface area contributed by atoms with E-state index < -0.39 is 0 Å². The Hall–Kier alpha value is -2.10. The molecule has 1 N–H and O–H groups in total. The van der Waals surface area contributed by atoms with Crippen LogP contribution >= 0.6 is 0 Å². The van der Waals surface area contributed by atoms with Crippen LogP contribution in [0.1, 0.15) is 12.0 Å². The molecule has 0 saturated carbocycles. The van der Waals surface area contributed by atoms with Crippen LogP contribution in [0.3, 0.4) is 0 Å². The van der Waals surface area contributed by atoms with E-state index in [1.807, 2.05) is 24.3 Å². The Kier molecular flexibility index (Phi) is 3.81. The molecule has 2 heterocycles. The highest BCUT2D eigenvalue weighted by Crippen LogP contribution is 2.19.